The van der Waals surface area contributed by atoms with Crippen LogP contribution < -0.4 is 10.6 Å². The summed E-state index contributed by atoms with van der Waals surface area (Å²) in [4.78, 5) is 12.2. The summed E-state index contributed by atoms with van der Waals surface area (Å²) in [5.41, 5.74) is 1.61. The lowest BCUT2D eigenvalue weighted by atomic mass is 9.76. The van der Waals surface area contributed by atoms with Crippen molar-refractivity contribution in [1.82, 2.24) is 10.6 Å². The van der Waals surface area contributed by atoms with Crippen molar-refractivity contribution < 1.29 is 9.90 Å². The molecule has 2 unspecified atom stereocenters. The molecular formula is C14H24N2O2. The zero-order valence-electron chi connectivity index (χ0n) is 11.4. The molecule has 1 aliphatic heterocycles. The monoisotopic (exact) mass is 252 g/mol. The molecule has 1 heterocycles. The summed E-state index contributed by atoms with van der Waals surface area (Å²) in [7, 11) is 0. The second-order valence-corrected chi connectivity index (χ2v) is 5.93. The van der Waals surface area contributed by atoms with Gasteiger partial charge in [0.05, 0.1) is 12.1 Å². The minimum atomic E-state index is -0.395. The van der Waals surface area contributed by atoms with Crippen molar-refractivity contribution in [2.24, 2.45) is 5.92 Å². The standard InChI is InChI=1S/C14H24N2O2/c1-10-4-3-5-14(6-10,9-17)16-13(18)11(2)12-7-15-8-12/h10,15,17H,3-9H2,1-2H3,(H,16,18). The first-order valence-corrected chi connectivity index (χ1v) is 6.89. The molecule has 4 heteroatoms. The van der Waals surface area contributed by atoms with Gasteiger partial charge < -0.3 is 15.7 Å². The number of rotatable bonds is 3. The molecule has 0 aromatic rings. The third-order valence-electron chi connectivity index (χ3n) is 4.32. The second-order valence-electron chi connectivity index (χ2n) is 5.93. The summed E-state index contributed by atoms with van der Waals surface area (Å²) in [5, 5.41) is 15.9. The molecule has 1 aliphatic carbocycles. The molecule has 1 saturated heterocycles. The third-order valence-corrected chi connectivity index (χ3v) is 4.32. The lowest BCUT2D eigenvalue weighted by Crippen LogP contribution is -2.54. The Hall–Kier alpha value is -0.870. The number of carbonyl (C=O) groups excluding carboxylic acids is 1. The SMILES string of the molecule is CC(C(=O)NC1(CO)CCCC(C)C1)=C1CNC1. The highest BCUT2D eigenvalue weighted by Gasteiger charge is 2.36. The second kappa shape index (κ2) is 5.41. The van der Waals surface area contributed by atoms with Crippen LogP contribution in [-0.4, -0.2) is 36.2 Å². The van der Waals surface area contributed by atoms with Crippen LogP contribution >= 0.6 is 0 Å². The Labute approximate surface area is 109 Å². The quantitative estimate of drug-likeness (QED) is 0.656. The van der Waals surface area contributed by atoms with Gasteiger partial charge in [0.2, 0.25) is 5.91 Å². The number of amides is 1. The summed E-state index contributed by atoms with van der Waals surface area (Å²) in [6.45, 7) is 5.76. The van der Waals surface area contributed by atoms with Crippen LogP contribution in [0.5, 0.6) is 0 Å². The van der Waals surface area contributed by atoms with Crippen molar-refractivity contribution in [1.29, 1.82) is 0 Å². The topological polar surface area (TPSA) is 61.4 Å². The van der Waals surface area contributed by atoms with E-state index in [2.05, 4.69) is 17.6 Å². The zero-order chi connectivity index (χ0) is 13.2. The fraction of sp³-hybridized carbons (Fsp3) is 0.786. The Morgan fingerprint density at radius 3 is 2.78 bits per heavy atom. The van der Waals surface area contributed by atoms with E-state index in [-0.39, 0.29) is 12.5 Å². The normalized spacial score (nSPS) is 31.7. The molecule has 4 nitrogen and oxygen atoms in total. The van der Waals surface area contributed by atoms with Crippen LogP contribution in [-0.2, 0) is 4.79 Å². The Morgan fingerprint density at radius 2 is 2.28 bits per heavy atom. The van der Waals surface area contributed by atoms with Crippen LogP contribution in [0, 0.1) is 5.92 Å². The fourth-order valence-electron chi connectivity index (χ4n) is 2.97. The molecule has 3 N–H and O–H groups in total. The van der Waals surface area contributed by atoms with E-state index in [1.54, 1.807) is 0 Å². The summed E-state index contributed by atoms with van der Waals surface area (Å²) in [6, 6.07) is 0. The molecular weight excluding hydrogens is 228 g/mol. The number of carbonyl (C=O) groups is 1. The van der Waals surface area contributed by atoms with Crippen molar-refractivity contribution in [3.8, 4) is 0 Å². The number of hydrogen-bond acceptors (Lipinski definition) is 3. The Kier molecular flexibility index (Phi) is 4.07. The average molecular weight is 252 g/mol. The van der Waals surface area contributed by atoms with Crippen LogP contribution in [0.25, 0.3) is 0 Å². The molecule has 1 amide bonds. The first kappa shape index (κ1) is 13.6. The molecule has 0 aromatic carbocycles. The minimum Gasteiger partial charge on any atom is -0.394 e. The summed E-state index contributed by atoms with van der Waals surface area (Å²) >= 11 is 0. The molecule has 2 aliphatic rings. The van der Waals surface area contributed by atoms with E-state index in [1.807, 2.05) is 6.92 Å². The van der Waals surface area contributed by atoms with Crippen LogP contribution in [0.1, 0.15) is 39.5 Å². The van der Waals surface area contributed by atoms with E-state index < -0.39 is 5.54 Å². The number of hydrogen-bond donors (Lipinski definition) is 3. The minimum absolute atomic E-state index is 0.00495. The van der Waals surface area contributed by atoms with E-state index in [1.165, 1.54) is 12.0 Å². The van der Waals surface area contributed by atoms with Crippen molar-refractivity contribution in [3.63, 3.8) is 0 Å². The van der Waals surface area contributed by atoms with Gasteiger partial charge in [0.1, 0.15) is 0 Å². The molecule has 18 heavy (non-hydrogen) atoms. The van der Waals surface area contributed by atoms with Gasteiger partial charge in [-0.05, 0) is 31.3 Å². The number of aliphatic hydroxyl groups is 1. The van der Waals surface area contributed by atoms with Gasteiger partial charge in [0, 0.05) is 18.7 Å². The molecule has 2 fully saturated rings. The Bertz CT molecular complexity index is 359. The van der Waals surface area contributed by atoms with Gasteiger partial charge in [-0.25, -0.2) is 0 Å². The van der Waals surface area contributed by atoms with E-state index in [9.17, 15) is 9.90 Å². The maximum absolute atomic E-state index is 12.2. The Balaban J connectivity index is 2.03. The molecule has 2 atom stereocenters. The predicted molar refractivity (Wildman–Crippen MR) is 71.2 cm³/mol. The van der Waals surface area contributed by atoms with Crippen molar-refractivity contribution in [2.75, 3.05) is 19.7 Å². The van der Waals surface area contributed by atoms with Crippen LogP contribution in [0.15, 0.2) is 11.1 Å². The van der Waals surface area contributed by atoms with Gasteiger partial charge in [-0.15, -0.1) is 0 Å². The van der Waals surface area contributed by atoms with E-state index in [0.29, 0.717) is 5.92 Å². The first-order valence-electron chi connectivity index (χ1n) is 6.89. The average Bonchev–Trinajstić information content (AvgIpc) is 2.26. The van der Waals surface area contributed by atoms with Gasteiger partial charge in [0.15, 0.2) is 0 Å². The van der Waals surface area contributed by atoms with E-state index >= 15 is 0 Å². The molecule has 102 valence electrons. The highest BCUT2D eigenvalue weighted by molar-refractivity contribution is 5.94. The predicted octanol–water partition coefficient (Wildman–Crippen LogP) is 0.963. The summed E-state index contributed by atoms with van der Waals surface area (Å²) < 4.78 is 0. The van der Waals surface area contributed by atoms with Gasteiger partial charge >= 0.3 is 0 Å². The van der Waals surface area contributed by atoms with Crippen LogP contribution in [0.4, 0.5) is 0 Å². The third kappa shape index (κ3) is 2.75. The van der Waals surface area contributed by atoms with E-state index in [4.69, 9.17) is 0 Å². The summed E-state index contributed by atoms with van der Waals surface area (Å²) in [6.07, 6.45) is 4.05. The lowest BCUT2D eigenvalue weighted by molar-refractivity contribution is -0.120. The fourth-order valence-corrected chi connectivity index (χ4v) is 2.97. The van der Waals surface area contributed by atoms with E-state index in [0.717, 1.165) is 37.9 Å². The molecule has 0 bridgehead atoms. The largest absolute Gasteiger partial charge is 0.394 e. The molecule has 1 saturated carbocycles. The maximum Gasteiger partial charge on any atom is 0.247 e. The van der Waals surface area contributed by atoms with Crippen molar-refractivity contribution >= 4 is 5.91 Å². The van der Waals surface area contributed by atoms with Gasteiger partial charge in [0.25, 0.3) is 0 Å². The maximum atomic E-state index is 12.2. The molecule has 0 radical (unpaired) electrons. The number of nitrogens with one attached hydrogen (secondary N) is 2. The van der Waals surface area contributed by atoms with Crippen molar-refractivity contribution in [3.05, 3.63) is 11.1 Å². The molecule has 0 aromatic heterocycles. The highest BCUT2D eigenvalue weighted by Crippen LogP contribution is 2.32. The summed E-state index contributed by atoms with van der Waals surface area (Å²) in [5.74, 6) is 0.569. The van der Waals surface area contributed by atoms with Gasteiger partial charge in [-0.3, -0.25) is 4.79 Å². The van der Waals surface area contributed by atoms with Crippen LogP contribution in [0.3, 0.4) is 0 Å². The molecule has 0 spiro atoms. The number of aliphatic hydroxyl groups excluding tert-OH is 1. The lowest BCUT2D eigenvalue weighted by Gasteiger charge is -2.39. The highest BCUT2D eigenvalue weighted by atomic mass is 16.3. The van der Waals surface area contributed by atoms with Crippen LogP contribution in [0.2, 0.25) is 0 Å². The Morgan fingerprint density at radius 1 is 1.56 bits per heavy atom. The van der Waals surface area contributed by atoms with Gasteiger partial charge in [-0.1, -0.05) is 19.8 Å². The molecule has 2 rings (SSSR count). The van der Waals surface area contributed by atoms with Crippen molar-refractivity contribution in [2.45, 2.75) is 45.1 Å². The van der Waals surface area contributed by atoms with Gasteiger partial charge in [-0.2, -0.15) is 0 Å². The first-order chi connectivity index (χ1) is 8.56. The zero-order valence-corrected chi connectivity index (χ0v) is 11.4. The smallest absolute Gasteiger partial charge is 0.247 e.